The second kappa shape index (κ2) is 4.98. The maximum atomic E-state index is 12.8. The minimum atomic E-state index is -1.52. The number of hydrogen-bond acceptors (Lipinski definition) is 2. The highest BCUT2D eigenvalue weighted by atomic mass is 19.2. The van der Waals surface area contributed by atoms with Crippen LogP contribution in [0.25, 0.3) is 0 Å². The molecule has 0 fully saturated rings. The van der Waals surface area contributed by atoms with Crippen LogP contribution in [0.5, 0.6) is 0 Å². The quantitative estimate of drug-likeness (QED) is 0.803. The van der Waals surface area contributed by atoms with Crippen molar-refractivity contribution < 1.29 is 23.1 Å². The molecule has 3 nitrogen and oxygen atoms in total. The Kier molecular flexibility index (Phi) is 3.89. The van der Waals surface area contributed by atoms with Crippen LogP contribution in [0.3, 0.4) is 0 Å². The summed E-state index contributed by atoms with van der Waals surface area (Å²) in [6.45, 7) is -0.235. The van der Waals surface area contributed by atoms with E-state index in [2.05, 4.69) is 0 Å². The van der Waals surface area contributed by atoms with Crippen molar-refractivity contribution in [1.82, 2.24) is 4.90 Å². The molecule has 1 aromatic carbocycles. The van der Waals surface area contributed by atoms with Crippen LogP contribution in [0, 0.1) is 17.5 Å². The molecule has 0 aliphatic rings. The lowest BCUT2D eigenvalue weighted by molar-refractivity contribution is -0.138. The van der Waals surface area contributed by atoms with Crippen molar-refractivity contribution in [2.24, 2.45) is 0 Å². The van der Waals surface area contributed by atoms with E-state index in [-0.39, 0.29) is 18.7 Å². The Morgan fingerprint density at radius 2 is 1.81 bits per heavy atom. The molecule has 0 unspecified atom stereocenters. The van der Waals surface area contributed by atoms with Crippen molar-refractivity contribution in [2.75, 3.05) is 13.6 Å². The molecule has 0 atom stereocenters. The van der Waals surface area contributed by atoms with Gasteiger partial charge in [-0.25, -0.2) is 13.2 Å². The number of aliphatic carboxylic acids is 1. The number of carboxylic acids is 1. The van der Waals surface area contributed by atoms with Gasteiger partial charge >= 0.3 is 5.97 Å². The molecule has 0 heterocycles. The van der Waals surface area contributed by atoms with Crippen molar-refractivity contribution in [3.05, 3.63) is 35.1 Å². The Bertz CT molecular complexity index is 386. The zero-order valence-corrected chi connectivity index (χ0v) is 8.51. The summed E-state index contributed by atoms with van der Waals surface area (Å²) in [6.07, 6.45) is 0. The number of hydrogen-bond donors (Lipinski definition) is 1. The molecule has 0 saturated carbocycles. The highest BCUT2D eigenvalue weighted by Crippen LogP contribution is 2.14. The van der Waals surface area contributed by atoms with Crippen molar-refractivity contribution >= 4 is 5.97 Å². The third kappa shape index (κ3) is 3.23. The van der Waals surface area contributed by atoms with E-state index in [1.54, 1.807) is 0 Å². The molecule has 0 bridgehead atoms. The largest absolute Gasteiger partial charge is 0.480 e. The summed E-state index contributed by atoms with van der Waals surface area (Å²) in [5, 5.41) is 8.47. The zero-order valence-electron chi connectivity index (χ0n) is 8.51. The van der Waals surface area contributed by atoms with Crippen LogP contribution in [0.15, 0.2) is 12.1 Å². The first-order valence-electron chi connectivity index (χ1n) is 4.44. The fourth-order valence-corrected chi connectivity index (χ4v) is 1.30. The average Bonchev–Trinajstić information content (AvgIpc) is 2.12. The fraction of sp³-hybridized carbons (Fsp3) is 0.300. The monoisotopic (exact) mass is 233 g/mol. The third-order valence-electron chi connectivity index (χ3n) is 1.90. The Hall–Kier alpha value is -1.56. The van der Waals surface area contributed by atoms with Gasteiger partial charge in [0.25, 0.3) is 0 Å². The van der Waals surface area contributed by atoms with Crippen LogP contribution >= 0.6 is 0 Å². The summed E-state index contributed by atoms with van der Waals surface area (Å²) < 4.78 is 38.2. The molecule has 88 valence electrons. The molecule has 0 amide bonds. The summed E-state index contributed by atoms with van der Waals surface area (Å²) >= 11 is 0. The van der Waals surface area contributed by atoms with E-state index in [1.165, 1.54) is 11.9 Å². The molecule has 6 heteroatoms. The van der Waals surface area contributed by atoms with Crippen molar-refractivity contribution in [1.29, 1.82) is 0 Å². The fourth-order valence-electron chi connectivity index (χ4n) is 1.30. The Morgan fingerprint density at radius 3 is 2.25 bits per heavy atom. The van der Waals surface area contributed by atoms with E-state index >= 15 is 0 Å². The molecule has 0 aliphatic heterocycles. The molecular formula is C10H10F3NO2. The number of carbonyl (C=O) groups is 1. The van der Waals surface area contributed by atoms with E-state index in [9.17, 15) is 18.0 Å². The van der Waals surface area contributed by atoms with Gasteiger partial charge in [-0.05, 0) is 24.7 Å². The summed E-state index contributed by atoms with van der Waals surface area (Å²) in [6, 6.07) is 1.69. The summed E-state index contributed by atoms with van der Waals surface area (Å²) in [7, 11) is 1.48. The van der Waals surface area contributed by atoms with Crippen molar-refractivity contribution in [3.8, 4) is 0 Å². The van der Waals surface area contributed by atoms with Gasteiger partial charge < -0.3 is 5.11 Å². The van der Waals surface area contributed by atoms with Crippen molar-refractivity contribution in [3.63, 3.8) is 0 Å². The first kappa shape index (κ1) is 12.5. The molecule has 16 heavy (non-hydrogen) atoms. The first-order chi connectivity index (χ1) is 7.40. The summed E-state index contributed by atoms with van der Waals surface area (Å²) in [4.78, 5) is 11.7. The lowest BCUT2D eigenvalue weighted by Gasteiger charge is -2.14. The van der Waals surface area contributed by atoms with E-state index in [1.807, 2.05) is 0 Å². The molecule has 1 N–H and O–H groups in total. The minimum absolute atomic E-state index is 0.0282. The number of likely N-dealkylation sites (N-methyl/N-ethyl adjacent to an activating group) is 1. The Balaban J connectivity index is 2.78. The predicted molar refractivity (Wildman–Crippen MR) is 50.3 cm³/mol. The number of nitrogens with zero attached hydrogens (tertiary/aromatic N) is 1. The predicted octanol–water partition coefficient (Wildman–Crippen LogP) is 1.62. The highest BCUT2D eigenvalue weighted by Gasteiger charge is 2.12. The van der Waals surface area contributed by atoms with Crippen LogP contribution in [0.2, 0.25) is 0 Å². The number of rotatable bonds is 4. The molecule has 0 spiro atoms. The van der Waals surface area contributed by atoms with Gasteiger partial charge in [-0.15, -0.1) is 0 Å². The van der Waals surface area contributed by atoms with Crippen LogP contribution in [-0.4, -0.2) is 29.6 Å². The van der Waals surface area contributed by atoms with Crippen LogP contribution in [-0.2, 0) is 11.3 Å². The van der Waals surface area contributed by atoms with Crippen LogP contribution < -0.4 is 0 Å². The average molecular weight is 233 g/mol. The van der Waals surface area contributed by atoms with Gasteiger partial charge in [0.05, 0.1) is 6.54 Å². The Labute approximate surface area is 90.1 Å². The van der Waals surface area contributed by atoms with Gasteiger partial charge in [-0.1, -0.05) is 0 Å². The Morgan fingerprint density at radius 1 is 1.31 bits per heavy atom. The topological polar surface area (TPSA) is 40.5 Å². The lowest BCUT2D eigenvalue weighted by atomic mass is 10.2. The van der Waals surface area contributed by atoms with Gasteiger partial charge in [-0.2, -0.15) is 0 Å². The number of halogens is 3. The molecule has 0 aliphatic carbocycles. The van der Waals surface area contributed by atoms with Gasteiger partial charge in [0.1, 0.15) is 0 Å². The summed E-state index contributed by atoms with van der Waals surface area (Å²) in [5.74, 6) is -5.13. The third-order valence-corrected chi connectivity index (χ3v) is 1.90. The number of benzene rings is 1. The normalized spacial score (nSPS) is 10.8. The molecule has 0 radical (unpaired) electrons. The standard InChI is InChI=1S/C10H10F3NO2/c1-14(5-9(15)16)4-6-2-7(11)10(13)8(12)3-6/h2-3H,4-5H2,1H3,(H,15,16). The summed E-state index contributed by atoms with van der Waals surface area (Å²) in [5.41, 5.74) is 0.181. The smallest absolute Gasteiger partial charge is 0.317 e. The van der Waals surface area contributed by atoms with Crippen LogP contribution in [0.1, 0.15) is 5.56 Å². The number of carboxylic acid groups (broad SMARTS) is 1. The SMILES string of the molecule is CN(CC(=O)O)Cc1cc(F)c(F)c(F)c1. The zero-order chi connectivity index (χ0) is 12.3. The molecule has 1 aromatic rings. The van der Waals surface area contributed by atoms with Crippen molar-refractivity contribution in [2.45, 2.75) is 6.54 Å². The first-order valence-corrected chi connectivity index (χ1v) is 4.44. The van der Waals surface area contributed by atoms with Gasteiger partial charge in [0, 0.05) is 6.54 Å². The highest BCUT2D eigenvalue weighted by molar-refractivity contribution is 5.69. The molecule has 0 saturated heterocycles. The maximum absolute atomic E-state index is 12.8. The van der Waals surface area contributed by atoms with Gasteiger partial charge in [-0.3, -0.25) is 9.69 Å². The molecule has 1 rings (SSSR count). The second-order valence-electron chi connectivity index (χ2n) is 3.44. The van der Waals surface area contributed by atoms with E-state index in [0.717, 1.165) is 12.1 Å². The van der Waals surface area contributed by atoms with E-state index in [4.69, 9.17) is 5.11 Å². The second-order valence-corrected chi connectivity index (χ2v) is 3.44. The van der Waals surface area contributed by atoms with Crippen LogP contribution in [0.4, 0.5) is 13.2 Å². The van der Waals surface area contributed by atoms with E-state index < -0.39 is 23.4 Å². The maximum Gasteiger partial charge on any atom is 0.317 e. The van der Waals surface area contributed by atoms with Gasteiger partial charge in [0.15, 0.2) is 17.5 Å². The van der Waals surface area contributed by atoms with Gasteiger partial charge in [0.2, 0.25) is 0 Å². The molecule has 0 aromatic heterocycles. The van der Waals surface area contributed by atoms with E-state index in [0.29, 0.717) is 0 Å². The molecular weight excluding hydrogens is 223 g/mol. The minimum Gasteiger partial charge on any atom is -0.480 e. The lowest BCUT2D eigenvalue weighted by Crippen LogP contribution is -2.25.